The second kappa shape index (κ2) is 4.42. The summed E-state index contributed by atoms with van der Waals surface area (Å²) in [5.41, 5.74) is 0. The molecule has 0 aliphatic heterocycles. The molecule has 0 atom stereocenters. The van der Waals surface area contributed by atoms with Gasteiger partial charge in [0.2, 0.25) is 0 Å². The van der Waals surface area contributed by atoms with Gasteiger partial charge >= 0.3 is 0 Å². The van der Waals surface area contributed by atoms with Crippen LogP contribution < -0.4 is 5.32 Å². The minimum atomic E-state index is -2.78. The van der Waals surface area contributed by atoms with Crippen LogP contribution in [-0.4, -0.2) is 32.5 Å². The lowest BCUT2D eigenvalue weighted by Crippen LogP contribution is -2.29. The van der Waals surface area contributed by atoms with Crippen molar-refractivity contribution in [2.24, 2.45) is 5.92 Å². The van der Waals surface area contributed by atoms with Crippen LogP contribution in [0, 0.1) is 5.92 Å². The van der Waals surface area contributed by atoms with Crippen molar-refractivity contribution < 1.29 is 8.42 Å². The number of hydrogen-bond donors (Lipinski definition) is 1. The van der Waals surface area contributed by atoms with E-state index < -0.39 is 9.84 Å². The van der Waals surface area contributed by atoms with Gasteiger partial charge in [-0.1, -0.05) is 13.8 Å². The molecule has 0 unspecified atom stereocenters. The van der Waals surface area contributed by atoms with E-state index >= 15 is 0 Å². The van der Waals surface area contributed by atoms with Gasteiger partial charge in [-0.15, -0.1) is 0 Å². The van der Waals surface area contributed by atoms with Crippen LogP contribution in [0.5, 0.6) is 0 Å². The van der Waals surface area contributed by atoms with Gasteiger partial charge in [-0.25, -0.2) is 8.42 Å². The highest BCUT2D eigenvalue weighted by atomic mass is 32.2. The van der Waals surface area contributed by atoms with Crippen molar-refractivity contribution in [3.05, 3.63) is 0 Å². The number of hydrogen-bond acceptors (Lipinski definition) is 3. The Hall–Kier alpha value is -0.0900. The Bertz CT molecular complexity index is 242. The van der Waals surface area contributed by atoms with Crippen molar-refractivity contribution in [2.45, 2.75) is 32.7 Å². The maximum absolute atomic E-state index is 11.4. The number of sulfone groups is 1. The topological polar surface area (TPSA) is 46.2 Å². The van der Waals surface area contributed by atoms with Crippen LogP contribution in [0.2, 0.25) is 0 Å². The molecule has 0 heterocycles. The highest BCUT2D eigenvalue weighted by Gasteiger charge is 2.27. The summed E-state index contributed by atoms with van der Waals surface area (Å²) in [6, 6.07) is 0.371. The first-order chi connectivity index (χ1) is 5.99. The summed E-state index contributed by atoms with van der Waals surface area (Å²) in [5, 5.41) is 3.12. The summed E-state index contributed by atoms with van der Waals surface area (Å²) >= 11 is 0. The van der Waals surface area contributed by atoms with Crippen LogP contribution in [0.25, 0.3) is 0 Å². The van der Waals surface area contributed by atoms with Crippen molar-refractivity contribution in [1.29, 1.82) is 0 Å². The van der Waals surface area contributed by atoms with E-state index in [0.29, 0.717) is 30.0 Å². The third kappa shape index (κ3) is 5.26. The molecule has 0 aromatic rings. The van der Waals surface area contributed by atoms with Crippen molar-refractivity contribution in [3.63, 3.8) is 0 Å². The fourth-order valence-corrected chi connectivity index (χ4v) is 2.88. The third-order valence-corrected chi connectivity index (χ3v) is 3.96. The minimum absolute atomic E-state index is 0.293. The Labute approximate surface area is 80.8 Å². The quantitative estimate of drug-likeness (QED) is 0.698. The Balaban J connectivity index is 2.17. The maximum atomic E-state index is 11.4. The molecule has 1 fully saturated rings. The molecule has 0 spiro atoms. The maximum Gasteiger partial charge on any atom is 0.151 e. The predicted octanol–water partition coefficient (Wildman–Crippen LogP) is 0.809. The highest BCUT2D eigenvalue weighted by molar-refractivity contribution is 7.91. The minimum Gasteiger partial charge on any atom is -0.314 e. The number of rotatable bonds is 6. The summed E-state index contributed by atoms with van der Waals surface area (Å²) < 4.78 is 22.8. The molecule has 0 radical (unpaired) electrons. The average Bonchev–Trinajstić information content (AvgIpc) is 2.68. The van der Waals surface area contributed by atoms with Crippen molar-refractivity contribution >= 4 is 9.84 Å². The van der Waals surface area contributed by atoms with Gasteiger partial charge in [0, 0.05) is 12.6 Å². The molecular formula is C9H19NO2S. The molecule has 1 N–H and O–H groups in total. The monoisotopic (exact) mass is 205 g/mol. The molecule has 0 aromatic carbocycles. The molecule has 0 amide bonds. The lowest BCUT2D eigenvalue weighted by molar-refractivity contribution is 0.575. The molecule has 0 bridgehead atoms. The highest BCUT2D eigenvalue weighted by Crippen LogP contribution is 2.30. The molecule has 13 heavy (non-hydrogen) atoms. The summed E-state index contributed by atoms with van der Waals surface area (Å²) in [4.78, 5) is 0. The third-order valence-electron chi connectivity index (χ3n) is 2.15. The molecule has 1 aliphatic rings. The molecule has 0 aromatic heterocycles. The van der Waals surface area contributed by atoms with E-state index in [0.717, 1.165) is 12.8 Å². The van der Waals surface area contributed by atoms with Crippen LogP contribution in [0.4, 0.5) is 0 Å². The molecule has 3 nitrogen and oxygen atoms in total. The lowest BCUT2D eigenvalue weighted by atomic mass is 10.4. The Morgan fingerprint density at radius 3 is 2.46 bits per heavy atom. The van der Waals surface area contributed by atoms with Gasteiger partial charge in [-0.3, -0.25) is 0 Å². The molecule has 78 valence electrons. The Morgan fingerprint density at radius 2 is 2.00 bits per heavy atom. The van der Waals surface area contributed by atoms with Gasteiger partial charge in [-0.2, -0.15) is 0 Å². The Kier molecular flexibility index (Phi) is 3.74. The second-order valence-electron chi connectivity index (χ2n) is 4.17. The van der Waals surface area contributed by atoms with E-state index in [9.17, 15) is 8.42 Å². The van der Waals surface area contributed by atoms with Gasteiger partial charge in [0.1, 0.15) is 0 Å². The van der Waals surface area contributed by atoms with Gasteiger partial charge in [0.05, 0.1) is 11.5 Å². The zero-order chi connectivity index (χ0) is 9.90. The molecule has 1 rings (SSSR count). The molecular weight excluding hydrogens is 186 g/mol. The Morgan fingerprint density at radius 1 is 1.38 bits per heavy atom. The fourth-order valence-electron chi connectivity index (χ4n) is 1.23. The average molecular weight is 205 g/mol. The first kappa shape index (κ1) is 11.0. The normalized spacial score (nSPS) is 18.1. The summed E-state index contributed by atoms with van der Waals surface area (Å²) in [7, 11) is -2.78. The SMILES string of the molecule is CC(C)NCCS(=O)(=O)CC1CC1. The van der Waals surface area contributed by atoms with Gasteiger partial charge < -0.3 is 5.32 Å². The zero-order valence-electron chi connectivity index (χ0n) is 8.41. The van der Waals surface area contributed by atoms with E-state index in [1.54, 1.807) is 0 Å². The molecule has 4 heteroatoms. The summed E-state index contributed by atoms with van der Waals surface area (Å²) in [6.07, 6.45) is 2.22. The molecule has 1 aliphatic carbocycles. The van der Waals surface area contributed by atoms with E-state index in [-0.39, 0.29) is 0 Å². The standard InChI is InChI=1S/C9H19NO2S/c1-8(2)10-5-6-13(11,12)7-9-3-4-9/h8-10H,3-7H2,1-2H3. The summed E-state index contributed by atoms with van der Waals surface area (Å²) in [6.45, 7) is 4.63. The van der Waals surface area contributed by atoms with Gasteiger partial charge in [0.25, 0.3) is 0 Å². The lowest BCUT2D eigenvalue weighted by Gasteiger charge is -2.07. The first-order valence-electron chi connectivity index (χ1n) is 4.93. The van der Waals surface area contributed by atoms with E-state index in [2.05, 4.69) is 5.32 Å². The van der Waals surface area contributed by atoms with Crippen LogP contribution in [0.3, 0.4) is 0 Å². The predicted molar refractivity (Wildman–Crippen MR) is 54.5 cm³/mol. The van der Waals surface area contributed by atoms with Gasteiger partial charge in [0.15, 0.2) is 9.84 Å². The van der Waals surface area contributed by atoms with Crippen LogP contribution in [0.15, 0.2) is 0 Å². The first-order valence-corrected chi connectivity index (χ1v) is 6.75. The van der Waals surface area contributed by atoms with Crippen molar-refractivity contribution in [3.8, 4) is 0 Å². The van der Waals surface area contributed by atoms with E-state index in [1.165, 1.54) is 0 Å². The number of nitrogens with one attached hydrogen (secondary N) is 1. The van der Waals surface area contributed by atoms with Crippen LogP contribution in [-0.2, 0) is 9.84 Å². The van der Waals surface area contributed by atoms with E-state index in [1.807, 2.05) is 13.8 Å². The fraction of sp³-hybridized carbons (Fsp3) is 1.00. The smallest absolute Gasteiger partial charge is 0.151 e. The zero-order valence-corrected chi connectivity index (χ0v) is 9.23. The largest absolute Gasteiger partial charge is 0.314 e. The van der Waals surface area contributed by atoms with Crippen LogP contribution >= 0.6 is 0 Å². The van der Waals surface area contributed by atoms with E-state index in [4.69, 9.17) is 0 Å². The van der Waals surface area contributed by atoms with Crippen molar-refractivity contribution in [1.82, 2.24) is 5.32 Å². The summed E-state index contributed by atoms with van der Waals surface area (Å²) in [5.74, 6) is 1.18. The second-order valence-corrected chi connectivity index (χ2v) is 6.40. The van der Waals surface area contributed by atoms with Crippen molar-refractivity contribution in [2.75, 3.05) is 18.1 Å². The van der Waals surface area contributed by atoms with Gasteiger partial charge in [-0.05, 0) is 18.8 Å². The molecule has 0 saturated heterocycles. The molecule has 1 saturated carbocycles. The van der Waals surface area contributed by atoms with Crippen LogP contribution in [0.1, 0.15) is 26.7 Å².